The monoisotopic (exact) mass is 403 g/mol. The van der Waals surface area contributed by atoms with Crippen LogP contribution in [-0.4, -0.2) is 30.0 Å². The van der Waals surface area contributed by atoms with Crippen LogP contribution in [0.1, 0.15) is 18.5 Å². The smallest absolute Gasteiger partial charge is 0.253 e. The van der Waals surface area contributed by atoms with Crippen molar-refractivity contribution in [2.24, 2.45) is 0 Å². The lowest BCUT2D eigenvalue weighted by atomic mass is 9.93. The van der Waals surface area contributed by atoms with E-state index in [2.05, 4.69) is 5.32 Å². The van der Waals surface area contributed by atoms with Crippen LogP contribution in [0, 0.1) is 5.82 Å². The summed E-state index contributed by atoms with van der Waals surface area (Å²) in [6.07, 6.45) is 0. The second kappa shape index (κ2) is 7.66. The van der Waals surface area contributed by atoms with Gasteiger partial charge in [0.2, 0.25) is 0 Å². The molecular formula is C20H19ClFN3OS. The van der Waals surface area contributed by atoms with E-state index in [1.807, 2.05) is 19.1 Å². The van der Waals surface area contributed by atoms with E-state index in [-0.39, 0.29) is 11.7 Å². The van der Waals surface area contributed by atoms with E-state index >= 15 is 0 Å². The van der Waals surface area contributed by atoms with Crippen LogP contribution >= 0.6 is 23.8 Å². The highest BCUT2D eigenvalue weighted by Crippen LogP contribution is 2.34. The zero-order valence-electron chi connectivity index (χ0n) is 15.2. The van der Waals surface area contributed by atoms with E-state index in [1.54, 1.807) is 43.3 Å². The Hall–Kier alpha value is -2.44. The third-order valence-corrected chi connectivity index (χ3v) is 4.94. The van der Waals surface area contributed by atoms with Crippen molar-refractivity contribution in [3.8, 4) is 0 Å². The van der Waals surface area contributed by atoms with E-state index < -0.39 is 6.04 Å². The minimum atomic E-state index is -0.536. The summed E-state index contributed by atoms with van der Waals surface area (Å²) in [5.74, 6) is -0.537. The van der Waals surface area contributed by atoms with Crippen molar-refractivity contribution >= 4 is 40.5 Å². The van der Waals surface area contributed by atoms with Gasteiger partial charge in [-0.25, -0.2) is 4.39 Å². The standard InChI is InChI=1S/C20H19ClFN3OS/c1-12-17(19(26)24(2)3)18(13-5-4-6-15(22)11-13)23-20(27)25(12)16-9-7-14(21)8-10-16/h4-11,18H,1-3H3,(H,23,27)/t18-/m0/s1. The van der Waals surface area contributed by atoms with Crippen molar-refractivity contribution in [2.75, 3.05) is 19.0 Å². The molecule has 2 aromatic rings. The zero-order chi connectivity index (χ0) is 19.7. The van der Waals surface area contributed by atoms with Gasteiger partial charge in [-0.15, -0.1) is 0 Å². The molecular weight excluding hydrogens is 385 g/mol. The molecule has 7 heteroatoms. The van der Waals surface area contributed by atoms with Crippen LogP contribution in [0.25, 0.3) is 0 Å². The number of thiocarbonyl (C=S) groups is 1. The third-order valence-electron chi connectivity index (χ3n) is 4.39. The molecule has 0 saturated heterocycles. The van der Waals surface area contributed by atoms with Crippen LogP contribution in [0.2, 0.25) is 5.02 Å². The second-order valence-electron chi connectivity index (χ2n) is 6.45. The van der Waals surface area contributed by atoms with Gasteiger partial charge in [0.15, 0.2) is 5.11 Å². The highest BCUT2D eigenvalue weighted by molar-refractivity contribution is 7.80. The van der Waals surface area contributed by atoms with Crippen molar-refractivity contribution in [1.29, 1.82) is 0 Å². The Morgan fingerprint density at radius 2 is 1.89 bits per heavy atom. The summed E-state index contributed by atoms with van der Waals surface area (Å²) in [7, 11) is 3.37. The van der Waals surface area contributed by atoms with Gasteiger partial charge in [-0.05, 0) is 61.1 Å². The first kappa shape index (κ1) is 19.3. The van der Waals surface area contributed by atoms with Crippen molar-refractivity contribution in [3.05, 3.63) is 76.2 Å². The summed E-state index contributed by atoms with van der Waals surface area (Å²) < 4.78 is 13.8. The molecule has 1 aliphatic rings. The predicted molar refractivity (Wildman–Crippen MR) is 110 cm³/mol. The number of anilines is 1. The largest absolute Gasteiger partial charge is 0.351 e. The Kier molecular flexibility index (Phi) is 5.48. The van der Waals surface area contributed by atoms with Gasteiger partial charge in [0.1, 0.15) is 5.82 Å². The van der Waals surface area contributed by atoms with Gasteiger partial charge in [-0.2, -0.15) is 0 Å². The number of nitrogens with one attached hydrogen (secondary N) is 1. The van der Waals surface area contributed by atoms with E-state index in [9.17, 15) is 9.18 Å². The van der Waals surface area contributed by atoms with Crippen LogP contribution in [0.3, 0.4) is 0 Å². The molecule has 140 valence electrons. The van der Waals surface area contributed by atoms with Crippen LogP contribution in [0.15, 0.2) is 59.8 Å². The van der Waals surface area contributed by atoms with Crippen molar-refractivity contribution in [1.82, 2.24) is 10.2 Å². The third kappa shape index (κ3) is 3.82. The molecule has 2 aromatic carbocycles. The topological polar surface area (TPSA) is 35.6 Å². The number of likely N-dealkylation sites (N-methyl/N-ethyl adjacent to an activating group) is 1. The molecule has 0 aliphatic carbocycles. The van der Waals surface area contributed by atoms with Crippen LogP contribution in [-0.2, 0) is 4.79 Å². The molecule has 1 aliphatic heterocycles. The number of allylic oxidation sites excluding steroid dienone is 1. The van der Waals surface area contributed by atoms with E-state index in [1.165, 1.54) is 17.0 Å². The molecule has 1 N–H and O–H groups in total. The molecule has 0 aromatic heterocycles. The lowest BCUT2D eigenvalue weighted by Crippen LogP contribution is -2.49. The van der Waals surface area contributed by atoms with Crippen LogP contribution < -0.4 is 10.2 Å². The van der Waals surface area contributed by atoms with Gasteiger partial charge in [-0.3, -0.25) is 9.69 Å². The van der Waals surface area contributed by atoms with E-state index in [0.29, 0.717) is 27.0 Å². The minimum Gasteiger partial charge on any atom is -0.351 e. The van der Waals surface area contributed by atoms with Crippen molar-refractivity contribution in [2.45, 2.75) is 13.0 Å². The number of carbonyl (C=O) groups is 1. The summed E-state index contributed by atoms with van der Waals surface area (Å²) >= 11 is 11.5. The van der Waals surface area contributed by atoms with Crippen LogP contribution in [0.4, 0.5) is 10.1 Å². The molecule has 0 fully saturated rings. The number of hydrogen-bond donors (Lipinski definition) is 1. The molecule has 1 heterocycles. The van der Waals surface area contributed by atoms with Crippen molar-refractivity contribution < 1.29 is 9.18 Å². The molecule has 0 radical (unpaired) electrons. The number of nitrogens with zero attached hydrogens (tertiary/aromatic N) is 2. The first-order valence-corrected chi connectivity index (χ1v) is 9.12. The molecule has 0 unspecified atom stereocenters. The first-order chi connectivity index (χ1) is 12.8. The number of amides is 1. The van der Waals surface area contributed by atoms with Gasteiger partial charge >= 0.3 is 0 Å². The second-order valence-corrected chi connectivity index (χ2v) is 7.27. The van der Waals surface area contributed by atoms with Gasteiger partial charge in [0, 0.05) is 30.5 Å². The average Bonchev–Trinajstić information content (AvgIpc) is 2.62. The number of benzene rings is 2. The summed E-state index contributed by atoms with van der Waals surface area (Å²) in [5, 5.41) is 4.23. The average molecular weight is 404 g/mol. The van der Waals surface area contributed by atoms with Crippen LogP contribution in [0.5, 0.6) is 0 Å². The summed E-state index contributed by atoms with van der Waals surface area (Å²) in [6.45, 7) is 1.84. The van der Waals surface area contributed by atoms with Gasteiger partial charge in [0.05, 0.1) is 11.6 Å². The number of rotatable bonds is 3. The SMILES string of the molecule is CC1=C(C(=O)N(C)C)[C@H](c2cccc(F)c2)NC(=S)N1c1ccc(Cl)cc1. The maximum atomic E-state index is 13.8. The van der Waals surface area contributed by atoms with Gasteiger partial charge in [-0.1, -0.05) is 23.7 Å². The lowest BCUT2D eigenvalue weighted by molar-refractivity contribution is -0.125. The molecule has 1 atom stereocenters. The summed E-state index contributed by atoms with van der Waals surface area (Å²) in [6, 6.07) is 12.8. The minimum absolute atomic E-state index is 0.171. The zero-order valence-corrected chi connectivity index (χ0v) is 16.7. The number of hydrogen-bond acceptors (Lipinski definition) is 2. The summed E-state index contributed by atoms with van der Waals surface area (Å²) in [5.41, 5.74) is 2.62. The lowest BCUT2D eigenvalue weighted by Gasteiger charge is -2.38. The molecule has 0 bridgehead atoms. The molecule has 27 heavy (non-hydrogen) atoms. The Morgan fingerprint density at radius 1 is 1.22 bits per heavy atom. The Bertz CT molecular complexity index is 927. The molecule has 1 amide bonds. The number of halogens is 2. The molecule has 3 rings (SSSR count). The Labute approximate surface area is 168 Å². The molecule has 0 spiro atoms. The Morgan fingerprint density at radius 3 is 2.48 bits per heavy atom. The van der Waals surface area contributed by atoms with Gasteiger partial charge in [0.25, 0.3) is 5.91 Å². The van der Waals surface area contributed by atoms with Gasteiger partial charge < -0.3 is 10.2 Å². The summed E-state index contributed by atoms with van der Waals surface area (Å²) in [4.78, 5) is 16.2. The maximum absolute atomic E-state index is 13.8. The molecule has 0 saturated carbocycles. The van der Waals surface area contributed by atoms with E-state index in [0.717, 1.165) is 5.69 Å². The van der Waals surface area contributed by atoms with E-state index in [4.69, 9.17) is 23.8 Å². The molecule has 4 nitrogen and oxygen atoms in total. The normalized spacial score (nSPS) is 17.0. The highest BCUT2D eigenvalue weighted by Gasteiger charge is 2.35. The maximum Gasteiger partial charge on any atom is 0.253 e. The quantitative estimate of drug-likeness (QED) is 0.776. The number of carbonyl (C=O) groups excluding carboxylic acids is 1. The Balaban J connectivity index is 2.16. The fraction of sp³-hybridized carbons (Fsp3) is 0.200. The predicted octanol–water partition coefficient (Wildman–Crippen LogP) is 4.28. The van der Waals surface area contributed by atoms with Crippen molar-refractivity contribution in [3.63, 3.8) is 0 Å². The highest BCUT2D eigenvalue weighted by atomic mass is 35.5. The fourth-order valence-electron chi connectivity index (χ4n) is 3.10. The first-order valence-electron chi connectivity index (χ1n) is 8.33. The fourth-order valence-corrected chi connectivity index (χ4v) is 3.58.